The lowest BCUT2D eigenvalue weighted by atomic mass is 10.3. The number of para-hydroxylation sites is 1. The summed E-state index contributed by atoms with van der Waals surface area (Å²) in [5.74, 6) is 0. The number of anilines is 2. The second-order valence-corrected chi connectivity index (χ2v) is 5.39. The van der Waals surface area contributed by atoms with Crippen LogP contribution in [0.2, 0.25) is 0 Å². The van der Waals surface area contributed by atoms with Crippen molar-refractivity contribution in [1.29, 1.82) is 0 Å². The quantitative estimate of drug-likeness (QED) is 0.782. The first-order valence-electron chi connectivity index (χ1n) is 6.74. The first kappa shape index (κ1) is 13.9. The molecule has 2 rings (SSSR count). The van der Waals surface area contributed by atoms with Gasteiger partial charge in [-0.05, 0) is 25.0 Å². The summed E-state index contributed by atoms with van der Waals surface area (Å²) in [7, 11) is 2.13. The van der Waals surface area contributed by atoms with Crippen LogP contribution in [0.25, 0.3) is 0 Å². The van der Waals surface area contributed by atoms with Crippen molar-refractivity contribution >= 4 is 22.2 Å². The van der Waals surface area contributed by atoms with Gasteiger partial charge in [-0.3, -0.25) is 0 Å². The fraction of sp³-hybridized carbons (Fsp3) is 0.400. The van der Waals surface area contributed by atoms with Crippen LogP contribution in [0, 0.1) is 0 Å². The third-order valence-corrected chi connectivity index (χ3v) is 3.91. The van der Waals surface area contributed by atoms with Crippen LogP contribution >= 0.6 is 11.3 Å². The Morgan fingerprint density at radius 1 is 1.26 bits per heavy atom. The van der Waals surface area contributed by atoms with E-state index in [2.05, 4.69) is 58.8 Å². The van der Waals surface area contributed by atoms with Crippen molar-refractivity contribution in [2.75, 3.05) is 30.4 Å². The molecule has 1 heterocycles. The summed E-state index contributed by atoms with van der Waals surface area (Å²) in [5, 5.41) is 6.55. The lowest BCUT2D eigenvalue weighted by Gasteiger charge is -2.19. The summed E-state index contributed by atoms with van der Waals surface area (Å²) < 4.78 is 0. The van der Waals surface area contributed by atoms with Gasteiger partial charge in [-0.2, -0.15) is 0 Å². The Balaban J connectivity index is 1.69. The van der Waals surface area contributed by atoms with Crippen LogP contribution in [-0.2, 0) is 6.42 Å². The number of benzene rings is 1. The Labute approximate surface area is 119 Å². The van der Waals surface area contributed by atoms with Gasteiger partial charge >= 0.3 is 0 Å². The summed E-state index contributed by atoms with van der Waals surface area (Å²) in [6, 6.07) is 10.5. The van der Waals surface area contributed by atoms with Crippen LogP contribution in [0.3, 0.4) is 0 Å². The molecule has 0 atom stereocenters. The monoisotopic (exact) mass is 275 g/mol. The fourth-order valence-corrected chi connectivity index (χ4v) is 2.70. The lowest BCUT2D eigenvalue weighted by molar-refractivity contribution is 0.815. The third kappa shape index (κ3) is 4.24. The van der Waals surface area contributed by atoms with E-state index in [-0.39, 0.29) is 0 Å². The molecule has 0 radical (unpaired) electrons. The maximum absolute atomic E-state index is 4.50. The minimum absolute atomic E-state index is 0.966. The number of nitrogens with one attached hydrogen (secondary N) is 1. The molecule has 0 aliphatic rings. The van der Waals surface area contributed by atoms with Crippen molar-refractivity contribution in [2.24, 2.45) is 0 Å². The number of hydrogen-bond donors (Lipinski definition) is 1. The number of rotatable bonds is 7. The Kier molecular flexibility index (Phi) is 5.21. The topological polar surface area (TPSA) is 28.2 Å². The van der Waals surface area contributed by atoms with E-state index >= 15 is 0 Å². The van der Waals surface area contributed by atoms with E-state index in [4.69, 9.17) is 0 Å². The van der Waals surface area contributed by atoms with E-state index in [0.29, 0.717) is 0 Å². The molecule has 0 aliphatic heterocycles. The lowest BCUT2D eigenvalue weighted by Crippen LogP contribution is -2.20. The zero-order valence-electron chi connectivity index (χ0n) is 11.6. The minimum atomic E-state index is 0.966. The van der Waals surface area contributed by atoms with Gasteiger partial charge in [-0.1, -0.05) is 25.1 Å². The van der Waals surface area contributed by atoms with Crippen LogP contribution < -0.4 is 10.2 Å². The van der Waals surface area contributed by atoms with Gasteiger partial charge in [0.25, 0.3) is 0 Å². The van der Waals surface area contributed by atoms with E-state index in [1.165, 1.54) is 11.4 Å². The smallest absolute Gasteiger partial charge is 0.182 e. The van der Waals surface area contributed by atoms with Crippen LogP contribution in [-0.4, -0.2) is 25.1 Å². The SMILES string of the molecule is CCc1csc(NCCCN(C)c2ccccc2)n1. The molecular formula is C15H21N3S. The molecule has 0 saturated heterocycles. The van der Waals surface area contributed by atoms with Crippen molar-refractivity contribution in [3.05, 3.63) is 41.4 Å². The maximum atomic E-state index is 4.50. The van der Waals surface area contributed by atoms with Crippen LogP contribution in [0.1, 0.15) is 19.0 Å². The highest BCUT2D eigenvalue weighted by atomic mass is 32.1. The van der Waals surface area contributed by atoms with Crippen LogP contribution in [0.4, 0.5) is 10.8 Å². The van der Waals surface area contributed by atoms with Gasteiger partial charge in [0.1, 0.15) is 0 Å². The summed E-state index contributed by atoms with van der Waals surface area (Å²) >= 11 is 1.69. The Morgan fingerprint density at radius 3 is 2.74 bits per heavy atom. The molecule has 2 aromatic rings. The molecule has 19 heavy (non-hydrogen) atoms. The van der Waals surface area contributed by atoms with E-state index in [9.17, 15) is 0 Å². The van der Waals surface area contributed by atoms with Crippen molar-refractivity contribution in [3.8, 4) is 0 Å². The van der Waals surface area contributed by atoms with E-state index in [1.54, 1.807) is 11.3 Å². The number of thiazole rings is 1. The predicted molar refractivity (Wildman–Crippen MR) is 84.3 cm³/mol. The van der Waals surface area contributed by atoms with Gasteiger partial charge in [-0.15, -0.1) is 11.3 Å². The van der Waals surface area contributed by atoms with E-state index in [1.807, 2.05) is 6.07 Å². The molecule has 1 N–H and O–H groups in total. The molecule has 0 fully saturated rings. The predicted octanol–water partition coefficient (Wildman–Crippen LogP) is 3.64. The summed E-state index contributed by atoms with van der Waals surface area (Å²) in [5.41, 5.74) is 2.44. The molecule has 0 bridgehead atoms. The molecule has 0 amide bonds. The molecule has 1 aromatic heterocycles. The highest BCUT2D eigenvalue weighted by Gasteiger charge is 2.01. The molecule has 0 saturated carbocycles. The van der Waals surface area contributed by atoms with Crippen molar-refractivity contribution in [1.82, 2.24) is 4.98 Å². The molecule has 4 heteroatoms. The van der Waals surface area contributed by atoms with Gasteiger partial charge in [0.2, 0.25) is 0 Å². The zero-order valence-corrected chi connectivity index (χ0v) is 12.4. The average molecular weight is 275 g/mol. The highest BCUT2D eigenvalue weighted by Crippen LogP contribution is 2.15. The number of nitrogens with zero attached hydrogens (tertiary/aromatic N) is 2. The largest absolute Gasteiger partial charge is 0.375 e. The zero-order chi connectivity index (χ0) is 13.5. The maximum Gasteiger partial charge on any atom is 0.182 e. The van der Waals surface area contributed by atoms with E-state index < -0.39 is 0 Å². The van der Waals surface area contributed by atoms with Gasteiger partial charge < -0.3 is 10.2 Å². The van der Waals surface area contributed by atoms with Crippen molar-refractivity contribution < 1.29 is 0 Å². The Bertz CT molecular complexity index is 481. The molecule has 1 aromatic carbocycles. The van der Waals surface area contributed by atoms with Gasteiger partial charge in [0.05, 0.1) is 5.69 Å². The minimum Gasteiger partial charge on any atom is -0.375 e. The van der Waals surface area contributed by atoms with Crippen molar-refractivity contribution in [3.63, 3.8) is 0 Å². The van der Waals surface area contributed by atoms with Crippen molar-refractivity contribution in [2.45, 2.75) is 19.8 Å². The standard InChI is InChI=1S/C15H21N3S/c1-3-13-12-19-15(17-13)16-10-7-11-18(2)14-8-5-4-6-9-14/h4-6,8-9,12H,3,7,10-11H2,1-2H3,(H,16,17). The highest BCUT2D eigenvalue weighted by molar-refractivity contribution is 7.13. The second-order valence-electron chi connectivity index (χ2n) is 4.53. The summed E-state index contributed by atoms with van der Waals surface area (Å²) in [6.45, 7) is 4.14. The molecule has 102 valence electrons. The number of aryl methyl sites for hydroxylation is 1. The normalized spacial score (nSPS) is 10.4. The van der Waals surface area contributed by atoms with E-state index in [0.717, 1.165) is 31.1 Å². The van der Waals surface area contributed by atoms with Gasteiger partial charge in [-0.25, -0.2) is 4.98 Å². The Morgan fingerprint density at radius 2 is 2.05 bits per heavy atom. The molecule has 0 spiro atoms. The summed E-state index contributed by atoms with van der Waals surface area (Å²) in [4.78, 5) is 6.78. The van der Waals surface area contributed by atoms with Crippen LogP contribution in [0.15, 0.2) is 35.7 Å². The second kappa shape index (κ2) is 7.14. The van der Waals surface area contributed by atoms with Gasteiger partial charge in [0, 0.05) is 31.2 Å². The Hall–Kier alpha value is -1.55. The number of hydrogen-bond acceptors (Lipinski definition) is 4. The molecule has 0 aliphatic carbocycles. The fourth-order valence-electron chi connectivity index (χ4n) is 1.87. The molecular weight excluding hydrogens is 254 g/mol. The molecule has 3 nitrogen and oxygen atoms in total. The third-order valence-electron chi connectivity index (χ3n) is 3.06. The first-order chi connectivity index (χ1) is 9.29. The van der Waals surface area contributed by atoms with Gasteiger partial charge in [0.15, 0.2) is 5.13 Å². The summed E-state index contributed by atoms with van der Waals surface area (Å²) in [6.07, 6.45) is 2.11. The average Bonchev–Trinajstić information content (AvgIpc) is 2.92. The molecule has 0 unspecified atom stereocenters. The first-order valence-corrected chi connectivity index (χ1v) is 7.62. The van der Waals surface area contributed by atoms with Crippen LogP contribution in [0.5, 0.6) is 0 Å². The number of aromatic nitrogens is 1.